The maximum atomic E-state index is 10.7. The van der Waals surface area contributed by atoms with Gasteiger partial charge in [0.25, 0.3) is 0 Å². The molecule has 0 saturated heterocycles. The second kappa shape index (κ2) is 6.14. The van der Waals surface area contributed by atoms with Gasteiger partial charge in [0.15, 0.2) is 0 Å². The summed E-state index contributed by atoms with van der Waals surface area (Å²) in [4.78, 5) is 10.7. The van der Waals surface area contributed by atoms with Gasteiger partial charge in [-0.2, -0.15) is 0 Å². The van der Waals surface area contributed by atoms with Gasteiger partial charge in [0, 0.05) is 6.42 Å². The first-order valence-electron chi connectivity index (χ1n) is 5.05. The second-order valence-electron chi connectivity index (χ2n) is 3.35. The largest absolute Gasteiger partial charge is 0.298 e. The van der Waals surface area contributed by atoms with Crippen molar-refractivity contribution in [3.63, 3.8) is 0 Å². The van der Waals surface area contributed by atoms with Gasteiger partial charge < -0.3 is 0 Å². The van der Waals surface area contributed by atoms with E-state index in [0.29, 0.717) is 0 Å². The van der Waals surface area contributed by atoms with Crippen molar-refractivity contribution in [3.05, 3.63) is 47.5 Å². The van der Waals surface area contributed by atoms with Crippen molar-refractivity contribution in [2.75, 3.05) is 0 Å². The molecular formula is C13H16O. The molecule has 0 radical (unpaired) electrons. The molecule has 1 aromatic carbocycles. The lowest BCUT2D eigenvalue weighted by Gasteiger charge is -1.99. The van der Waals surface area contributed by atoms with E-state index in [2.05, 4.69) is 6.92 Å². The molecular weight excluding hydrogens is 172 g/mol. The van der Waals surface area contributed by atoms with Crippen LogP contribution in [0.3, 0.4) is 0 Å². The molecule has 0 aliphatic rings. The molecule has 0 heterocycles. The Morgan fingerprint density at radius 1 is 1.29 bits per heavy atom. The van der Waals surface area contributed by atoms with Gasteiger partial charge >= 0.3 is 0 Å². The first-order chi connectivity index (χ1) is 6.86. The van der Waals surface area contributed by atoms with E-state index >= 15 is 0 Å². The molecule has 0 aliphatic heterocycles. The highest BCUT2D eigenvalue weighted by atomic mass is 16.1. The Labute approximate surface area is 85.5 Å². The van der Waals surface area contributed by atoms with Crippen LogP contribution in [0.4, 0.5) is 0 Å². The summed E-state index contributed by atoms with van der Waals surface area (Å²) < 4.78 is 0. The Bertz CT molecular complexity index is 298. The van der Waals surface area contributed by atoms with Crippen molar-refractivity contribution >= 4 is 6.29 Å². The summed E-state index contributed by atoms with van der Waals surface area (Å²) in [6, 6.07) is 10.1. The van der Waals surface area contributed by atoms with Gasteiger partial charge in [0.1, 0.15) is 6.29 Å². The Kier molecular flexibility index (Phi) is 4.70. The van der Waals surface area contributed by atoms with Gasteiger partial charge in [-0.25, -0.2) is 0 Å². The van der Waals surface area contributed by atoms with Crippen molar-refractivity contribution in [2.24, 2.45) is 0 Å². The SMILES string of the molecule is CCCC=C(C=O)Cc1ccccc1. The van der Waals surface area contributed by atoms with E-state index in [0.717, 1.165) is 31.1 Å². The Morgan fingerprint density at radius 2 is 2.00 bits per heavy atom. The molecule has 1 rings (SSSR count). The molecule has 0 atom stereocenters. The van der Waals surface area contributed by atoms with Crippen LogP contribution in [0.2, 0.25) is 0 Å². The van der Waals surface area contributed by atoms with Gasteiger partial charge in [0.2, 0.25) is 0 Å². The van der Waals surface area contributed by atoms with Crippen LogP contribution in [0.1, 0.15) is 25.3 Å². The quantitative estimate of drug-likeness (QED) is 0.512. The molecule has 0 unspecified atom stereocenters. The van der Waals surface area contributed by atoms with Crippen molar-refractivity contribution in [1.29, 1.82) is 0 Å². The fourth-order valence-electron chi connectivity index (χ4n) is 1.32. The highest BCUT2D eigenvalue weighted by Gasteiger charge is 1.96. The molecule has 1 heteroatoms. The van der Waals surface area contributed by atoms with E-state index in [1.807, 2.05) is 36.4 Å². The van der Waals surface area contributed by atoms with Crippen LogP contribution in [0, 0.1) is 0 Å². The summed E-state index contributed by atoms with van der Waals surface area (Å²) in [6.07, 6.45) is 5.82. The topological polar surface area (TPSA) is 17.1 Å². The zero-order chi connectivity index (χ0) is 10.2. The van der Waals surface area contributed by atoms with Crippen molar-refractivity contribution in [2.45, 2.75) is 26.2 Å². The molecule has 0 fully saturated rings. The standard InChI is InChI=1S/C13H16O/c1-2-3-7-13(11-14)10-12-8-5-4-6-9-12/h4-9,11H,2-3,10H2,1H3. The molecule has 0 saturated carbocycles. The molecule has 0 aliphatic carbocycles. The summed E-state index contributed by atoms with van der Waals surface area (Å²) in [5.41, 5.74) is 2.08. The predicted octanol–water partition coefficient (Wildman–Crippen LogP) is 3.15. The third-order valence-corrected chi connectivity index (χ3v) is 2.10. The Morgan fingerprint density at radius 3 is 2.57 bits per heavy atom. The number of unbranched alkanes of at least 4 members (excludes halogenated alkanes) is 1. The minimum atomic E-state index is 0.754. The lowest BCUT2D eigenvalue weighted by atomic mass is 10.1. The molecule has 0 N–H and O–H groups in total. The second-order valence-corrected chi connectivity index (χ2v) is 3.35. The van der Waals surface area contributed by atoms with Crippen LogP contribution in [0.25, 0.3) is 0 Å². The zero-order valence-corrected chi connectivity index (χ0v) is 8.57. The smallest absolute Gasteiger partial charge is 0.146 e. The average molecular weight is 188 g/mol. The minimum absolute atomic E-state index is 0.754. The summed E-state index contributed by atoms with van der Waals surface area (Å²) in [6.45, 7) is 2.11. The van der Waals surface area contributed by atoms with Crippen molar-refractivity contribution in [3.8, 4) is 0 Å². The fourth-order valence-corrected chi connectivity index (χ4v) is 1.32. The molecule has 0 amide bonds. The van der Waals surface area contributed by atoms with Crippen LogP contribution in [0.15, 0.2) is 42.0 Å². The monoisotopic (exact) mass is 188 g/mol. The average Bonchev–Trinajstić information content (AvgIpc) is 2.25. The van der Waals surface area contributed by atoms with Crippen LogP contribution in [-0.4, -0.2) is 6.29 Å². The van der Waals surface area contributed by atoms with E-state index < -0.39 is 0 Å². The van der Waals surface area contributed by atoms with Crippen molar-refractivity contribution < 1.29 is 4.79 Å². The van der Waals surface area contributed by atoms with E-state index in [-0.39, 0.29) is 0 Å². The van der Waals surface area contributed by atoms with Crippen LogP contribution in [0.5, 0.6) is 0 Å². The molecule has 74 valence electrons. The third kappa shape index (κ3) is 3.56. The number of carbonyl (C=O) groups excluding carboxylic acids is 1. The Balaban J connectivity index is 2.61. The van der Waals surface area contributed by atoms with Gasteiger partial charge in [-0.15, -0.1) is 0 Å². The Hall–Kier alpha value is -1.37. The van der Waals surface area contributed by atoms with Crippen LogP contribution >= 0.6 is 0 Å². The molecule has 1 nitrogen and oxygen atoms in total. The van der Waals surface area contributed by atoms with E-state index in [4.69, 9.17) is 0 Å². The third-order valence-electron chi connectivity index (χ3n) is 2.10. The number of rotatable bonds is 5. The number of allylic oxidation sites excluding steroid dienone is 2. The molecule has 0 bridgehead atoms. The summed E-state index contributed by atoms with van der Waals surface area (Å²) in [5.74, 6) is 0. The number of benzene rings is 1. The van der Waals surface area contributed by atoms with Gasteiger partial charge in [-0.1, -0.05) is 49.8 Å². The number of hydrogen-bond acceptors (Lipinski definition) is 1. The summed E-state index contributed by atoms with van der Waals surface area (Å²) >= 11 is 0. The molecule has 1 aromatic rings. The molecule has 0 spiro atoms. The normalized spacial score (nSPS) is 11.4. The predicted molar refractivity (Wildman–Crippen MR) is 59.2 cm³/mol. The summed E-state index contributed by atoms with van der Waals surface area (Å²) in [5, 5.41) is 0. The first-order valence-corrected chi connectivity index (χ1v) is 5.05. The molecule has 14 heavy (non-hydrogen) atoms. The highest BCUT2D eigenvalue weighted by molar-refractivity contribution is 5.73. The van der Waals surface area contributed by atoms with E-state index in [1.54, 1.807) is 0 Å². The lowest BCUT2D eigenvalue weighted by Crippen LogP contribution is -1.91. The zero-order valence-electron chi connectivity index (χ0n) is 8.57. The van der Waals surface area contributed by atoms with Gasteiger partial charge in [-0.3, -0.25) is 4.79 Å². The maximum Gasteiger partial charge on any atom is 0.146 e. The fraction of sp³-hybridized carbons (Fsp3) is 0.308. The minimum Gasteiger partial charge on any atom is -0.298 e. The van der Waals surface area contributed by atoms with E-state index in [9.17, 15) is 4.79 Å². The number of aldehydes is 1. The van der Waals surface area contributed by atoms with Gasteiger partial charge in [-0.05, 0) is 17.6 Å². The van der Waals surface area contributed by atoms with Gasteiger partial charge in [0.05, 0.1) is 0 Å². The van der Waals surface area contributed by atoms with Crippen LogP contribution < -0.4 is 0 Å². The highest BCUT2D eigenvalue weighted by Crippen LogP contribution is 2.07. The van der Waals surface area contributed by atoms with E-state index in [1.165, 1.54) is 5.56 Å². The summed E-state index contributed by atoms with van der Waals surface area (Å²) in [7, 11) is 0. The maximum absolute atomic E-state index is 10.7. The number of carbonyl (C=O) groups is 1. The van der Waals surface area contributed by atoms with Crippen molar-refractivity contribution in [1.82, 2.24) is 0 Å². The lowest BCUT2D eigenvalue weighted by molar-refractivity contribution is -0.105. The first kappa shape index (κ1) is 10.7. The molecule has 0 aromatic heterocycles. The number of hydrogen-bond donors (Lipinski definition) is 0. The van der Waals surface area contributed by atoms with Crippen LogP contribution in [-0.2, 0) is 11.2 Å².